The molecule has 232 valence electrons. The minimum absolute atomic E-state index is 0.0332. The minimum atomic E-state index is -0.0332. The van der Waals surface area contributed by atoms with E-state index >= 15 is 0 Å². The molecular formula is C47H33NS. The summed E-state index contributed by atoms with van der Waals surface area (Å²) >= 11 is 1.90. The summed E-state index contributed by atoms with van der Waals surface area (Å²) in [6.45, 7) is 4.69. The third-order valence-corrected chi connectivity index (χ3v) is 11.8. The Morgan fingerprint density at radius 2 is 1.08 bits per heavy atom. The lowest BCUT2D eigenvalue weighted by Crippen LogP contribution is -2.15. The molecule has 1 aliphatic rings. The molecule has 0 N–H and O–H groups in total. The lowest BCUT2D eigenvalue weighted by molar-refractivity contribution is 0.660. The summed E-state index contributed by atoms with van der Waals surface area (Å²) in [6.07, 6.45) is 0. The van der Waals surface area contributed by atoms with Crippen LogP contribution in [0.25, 0.3) is 64.0 Å². The normalized spacial score (nSPS) is 13.3. The predicted molar refractivity (Wildman–Crippen MR) is 212 cm³/mol. The van der Waals surface area contributed by atoms with Crippen LogP contribution in [0, 0.1) is 0 Å². The fourth-order valence-electron chi connectivity index (χ4n) is 8.18. The Morgan fingerprint density at radius 1 is 0.449 bits per heavy atom. The molecule has 9 aromatic rings. The Kier molecular flexibility index (Phi) is 6.16. The predicted octanol–water partition coefficient (Wildman–Crippen LogP) is 13.8. The standard InChI is InChI=1S/C47H33NS/c1-47(2)42-14-8-6-12-38(42)41-29-36(24-27-43(41)47)48(34-21-18-31(19-22-34)30-10-4-3-5-11-30)35-23-26-37-33(28-35)17-16-32-20-25-40-39-13-7-9-15-44(39)49-46(40)45(32)37/h3-29H,1-2H3. The van der Waals surface area contributed by atoms with Crippen LogP contribution in [0.4, 0.5) is 17.1 Å². The topological polar surface area (TPSA) is 3.24 Å². The van der Waals surface area contributed by atoms with Crippen molar-refractivity contribution in [2.75, 3.05) is 4.90 Å². The van der Waals surface area contributed by atoms with E-state index in [-0.39, 0.29) is 5.41 Å². The van der Waals surface area contributed by atoms with Gasteiger partial charge in [0.15, 0.2) is 0 Å². The van der Waals surface area contributed by atoms with Crippen molar-refractivity contribution < 1.29 is 0 Å². The molecule has 1 nitrogen and oxygen atoms in total. The van der Waals surface area contributed by atoms with Crippen LogP contribution in [0.3, 0.4) is 0 Å². The average molecular weight is 644 g/mol. The van der Waals surface area contributed by atoms with Gasteiger partial charge in [-0.15, -0.1) is 11.3 Å². The second-order valence-corrected chi connectivity index (χ2v) is 14.8. The molecule has 0 bridgehead atoms. The number of thiophene rings is 1. The summed E-state index contributed by atoms with van der Waals surface area (Å²) in [7, 11) is 0. The van der Waals surface area contributed by atoms with E-state index in [1.165, 1.54) is 75.1 Å². The summed E-state index contributed by atoms with van der Waals surface area (Å²) < 4.78 is 2.70. The van der Waals surface area contributed by atoms with Crippen LogP contribution in [0.15, 0.2) is 164 Å². The van der Waals surface area contributed by atoms with Crippen molar-refractivity contribution in [1.29, 1.82) is 0 Å². The third-order valence-electron chi connectivity index (χ3n) is 10.6. The van der Waals surface area contributed by atoms with Crippen molar-refractivity contribution in [3.8, 4) is 22.3 Å². The molecule has 0 saturated heterocycles. The van der Waals surface area contributed by atoms with Gasteiger partial charge in [-0.2, -0.15) is 0 Å². The molecule has 8 aromatic carbocycles. The number of hydrogen-bond acceptors (Lipinski definition) is 2. The van der Waals surface area contributed by atoms with Gasteiger partial charge in [0.05, 0.1) is 0 Å². The van der Waals surface area contributed by atoms with E-state index in [1.807, 2.05) is 11.3 Å². The minimum Gasteiger partial charge on any atom is -0.310 e. The fourth-order valence-corrected chi connectivity index (χ4v) is 9.46. The van der Waals surface area contributed by atoms with Crippen LogP contribution in [0.2, 0.25) is 0 Å². The van der Waals surface area contributed by atoms with Crippen LogP contribution in [0.1, 0.15) is 25.0 Å². The number of hydrogen-bond donors (Lipinski definition) is 0. The van der Waals surface area contributed by atoms with Gasteiger partial charge in [-0.05, 0) is 92.0 Å². The maximum atomic E-state index is 2.42. The average Bonchev–Trinajstić information content (AvgIpc) is 3.64. The quantitative estimate of drug-likeness (QED) is 0.173. The fraction of sp³-hybridized carbons (Fsp3) is 0.0638. The van der Waals surface area contributed by atoms with Gasteiger partial charge in [0.2, 0.25) is 0 Å². The summed E-state index contributed by atoms with van der Waals surface area (Å²) in [4.78, 5) is 2.42. The van der Waals surface area contributed by atoms with E-state index in [0.29, 0.717) is 0 Å². The van der Waals surface area contributed by atoms with Gasteiger partial charge in [-0.3, -0.25) is 0 Å². The summed E-state index contributed by atoms with van der Waals surface area (Å²) in [6, 6.07) is 60.6. The smallest absolute Gasteiger partial charge is 0.0468 e. The number of anilines is 3. The van der Waals surface area contributed by atoms with Gasteiger partial charge in [0.1, 0.15) is 0 Å². The highest BCUT2D eigenvalue weighted by molar-refractivity contribution is 7.26. The summed E-state index contributed by atoms with van der Waals surface area (Å²) in [5.74, 6) is 0. The van der Waals surface area contributed by atoms with Gasteiger partial charge in [-0.1, -0.05) is 135 Å². The molecular weight excluding hydrogens is 611 g/mol. The first-order chi connectivity index (χ1) is 24.0. The molecule has 0 aliphatic heterocycles. The van der Waals surface area contributed by atoms with E-state index < -0.39 is 0 Å². The van der Waals surface area contributed by atoms with Gasteiger partial charge in [0.25, 0.3) is 0 Å². The van der Waals surface area contributed by atoms with E-state index in [2.05, 4.69) is 183 Å². The molecule has 2 heteroatoms. The molecule has 1 heterocycles. The Labute approximate surface area is 290 Å². The molecule has 1 aliphatic carbocycles. The van der Waals surface area contributed by atoms with E-state index in [9.17, 15) is 0 Å². The zero-order chi connectivity index (χ0) is 32.7. The molecule has 0 amide bonds. The van der Waals surface area contributed by atoms with Crippen molar-refractivity contribution in [2.45, 2.75) is 19.3 Å². The second kappa shape index (κ2) is 10.7. The maximum Gasteiger partial charge on any atom is 0.0468 e. The van der Waals surface area contributed by atoms with Crippen molar-refractivity contribution >= 4 is 70.1 Å². The molecule has 0 saturated carbocycles. The largest absolute Gasteiger partial charge is 0.310 e. The van der Waals surface area contributed by atoms with Gasteiger partial charge in [-0.25, -0.2) is 0 Å². The van der Waals surface area contributed by atoms with Gasteiger partial charge in [0, 0.05) is 48.0 Å². The molecule has 0 atom stereocenters. The Morgan fingerprint density at radius 3 is 1.96 bits per heavy atom. The first kappa shape index (κ1) is 28.3. The SMILES string of the molecule is CC1(C)c2ccccc2-c2cc(N(c3ccc(-c4ccccc4)cc3)c3ccc4c(ccc5ccc6c7ccccc7sc6c54)c3)ccc21. The summed E-state index contributed by atoms with van der Waals surface area (Å²) in [5, 5.41) is 7.84. The second-order valence-electron chi connectivity index (χ2n) is 13.8. The molecule has 0 fully saturated rings. The number of rotatable bonds is 4. The van der Waals surface area contributed by atoms with Crippen molar-refractivity contribution in [3.63, 3.8) is 0 Å². The molecule has 0 spiro atoms. The van der Waals surface area contributed by atoms with E-state index in [4.69, 9.17) is 0 Å². The highest BCUT2D eigenvalue weighted by atomic mass is 32.1. The van der Waals surface area contributed by atoms with Gasteiger partial charge >= 0.3 is 0 Å². The molecule has 49 heavy (non-hydrogen) atoms. The van der Waals surface area contributed by atoms with Crippen molar-refractivity contribution in [3.05, 3.63) is 175 Å². The third kappa shape index (κ3) is 4.31. The number of nitrogens with zero attached hydrogens (tertiary/aromatic N) is 1. The lowest BCUT2D eigenvalue weighted by atomic mass is 9.82. The van der Waals surface area contributed by atoms with Crippen LogP contribution in [0.5, 0.6) is 0 Å². The Balaban J connectivity index is 1.17. The first-order valence-corrected chi connectivity index (χ1v) is 17.8. The number of fused-ring (bicyclic) bond motifs is 10. The lowest BCUT2D eigenvalue weighted by Gasteiger charge is -2.27. The summed E-state index contributed by atoms with van der Waals surface area (Å²) in [5.41, 5.74) is 11.3. The Hall–Kier alpha value is -5.70. The Bertz CT molecular complexity index is 2730. The zero-order valence-corrected chi connectivity index (χ0v) is 28.3. The van der Waals surface area contributed by atoms with Gasteiger partial charge < -0.3 is 4.90 Å². The first-order valence-electron chi connectivity index (χ1n) is 17.0. The van der Waals surface area contributed by atoms with Crippen LogP contribution in [-0.4, -0.2) is 0 Å². The molecule has 10 rings (SSSR count). The van der Waals surface area contributed by atoms with Crippen molar-refractivity contribution in [1.82, 2.24) is 0 Å². The molecule has 0 radical (unpaired) electrons. The maximum absolute atomic E-state index is 2.42. The van der Waals surface area contributed by atoms with Crippen LogP contribution >= 0.6 is 11.3 Å². The highest BCUT2D eigenvalue weighted by Gasteiger charge is 2.35. The van der Waals surface area contributed by atoms with E-state index in [0.717, 1.165) is 17.1 Å². The van der Waals surface area contributed by atoms with Crippen molar-refractivity contribution in [2.24, 2.45) is 0 Å². The molecule has 1 aromatic heterocycles. The zero-order valence-electron chi connectivity index (χ0n) is 27.4. The highest BCUT2D eigenvalue weighted by Crippen LogP contribution is 2.51. The van der Waals surface area contributed by atoms with E-state index in [1.54, 1.807) is 0 Å². The van der Waals surface area contributed by atoms with Crippen LogP contribution < -0.4 is 4.90 Å². The monoisotopic (exact) mass is 643 g/mol. The van der Waals surface area contributed by atoms with Crippen LogP contribution in [-0.2, 0) is 5.41 Å². The number of benzene rings is 8. The molecule has 0 unspecified atom stereocenters.